The van der Waals surface area contributed by atoms with Gasteiger partial charge in [0.25, 0.3) is 0 Å². The second-order valence-electron chi connectivity index (χ2n) is 15.7. The van der Waals surface area contributed by atoms with Crippen LogP contribution in [0.5, 0.6) is 0 Å². The third-order valence-electron chi connectivity index (χ3n) is 11.6. The summed E-state index contributed by atoms with van der Waals surface area (Å²) in [6.45, 7) is 22.0. The summed E-state index contributed by atoms with van der Waals surface area (Å²) in [5, 5.41) is 6.36. The molecular formula is C51H57N3. The molecule has 1 aliphatic rings. The molecule has 1 aliphatic heterocycles. The highest BCUT2D eigenvalue weighted by Crippen LogP contribution is 2.54. The lowest BCUT2D eigenvalue weighted by Crippen LogP contribution is -2.25. The lowest BCUT2D eigenvalue weighted by molar-refractivity contribution is 0.355. The molecule has 5 aromatic rings. The molecule has 0 saturated carbocycles. The fraction of sp³-hybridized carbons (Fsp3) is 0.255. The lowest BCUT2D eigenvalue weighted by Gasteiger charge is -2.33. The number of allylic oxidation sites excluding steroid dienone is 8. The molecule has 1 heterocycles. The van der Waals surface area contributed by atoms with Gasteiger partial charge in [-0.1, -0.05) is 143 Å². The Morgan fingerprint density at radius 3 is 2.11 bits per heavy atom. The summed E-state index contributed by atoms with van der Waals surface area (Å²) in [7, 11) is 0. The van der Waals surface area contributed by atoms with E-state index in [1.54, 1.807) is 0 Å². The maximum absolute atomic E-state index is 6.26. The first-order valence-corrected chi connectivity index (χ1v) is 19.4. The third-order valence-corrected chi connectivity index (χ3v) is 11.6. The van der Waals surface area contributed by atoms with Gasteiger partial charge in [0.15, 0.2) is 0 Å². The number of nitrogens with one attached hydrogen (secondary N) is 1. The van der Waals surface area contributed by atoms with E-state index in [2.05, 4.69) is 187 Å². The van der Waals surface area contributed by atoms with Crippen molar-refractivity contribution in [1.29, 1.82) is 0 Å². The number of hydrogen-bond donors (Lipinski definition) is 2. The highest BCUT2D eigenvalue weighted by Gasteiger charge is 2.44. The zero-order chi connectivity index (χ0) is 38.5. The van der Waals surface area contributed by atoms with Crippen LogP contribution in [0.3, 0.4) is 0 Å². The Hall–Kier alpha value is -5.54. The zero-order valence-corrected chi connectivity index (χ0v) is 33.3. The normalized spacial score (nSPS) is 17.6. The summed E-state index contributed by atoms with van der Waals surface area (Å²) >= 11 is 0. The van der Waals surface area contributed by atoms with E-state index in [0.29, 0.717) is 0 Å². The number of rotatable bonds is 13. The average Bonchev–Trinajstić information content (AvgIpc) is 3.39. The van der Waals surface area contributed by atoms with Gasteiger partial charge >= 0.3 is 0 Å². The highest BCUT2D eigenvalue weighted by molar-refractivity contribution is 5.91. The summed E-state index contributed by atoms with van der Waals surface area (Å²) in [4.78, 5) is 2.56. The molecular weight excluding hydrogens is 655 g/mol. The van der Waals surface area contributed by atoms with Crippen LogP contribution in [-0.2, 0) is 18.5 Å². The Bertz CT molecular complexity index is 2230. The fourth-order valence-corrected chi connectivity index (χ4v) is 8.23. The Morgan fingerprint density at radius 2 is 1.46 bits per heavy atom. The monoisotopic (exact) mass is 711 g/mol. The van der Waals surface area contributed by atoms with E-state index >= 15 is 0 Å². The summed E-state index contributed by atoms with van der Waals surface area (Å²) in [5.74, 6) is 0. The van der Waals surface area contributed by atoms with Gasteiger partial charge in [-0.2, -0.15) is 0 Å². The van der Waals surface area contributed by atoms with Gasteiger partial charge in [-0.25, -0.2) is 0 Å². The molecule has 0 spiro atoms. The lowest BCUT2D eigenvalue weighted by atomic mass is 9.73. The Balaban J connectivity index is 1.50. The molecule has 3 heteroatoms. The second-order valence-corrected chi connectivity index (χ2v) is 15.7. The van der Waals surface area contributed by atoms with Crippen molar-refractivity contribution in [2.75, 3.05) is 11.1 Å². The number of benzene rings is 5. The van der Waals surface area contributed by atoms with E-state index in [1.807, 2.05) is 18.2 Å². The molecule has 3 N–H and O–H groups in total. The van der Waals surface area contributed by atoms with Crippen LogP contribution < -0.4 is 11.1 Å². The standard InChI is InChI=1S/C51H57N3/c1-9-36(3)37(4)48-38(5)54(35-40-21-15-12-16-22-40)47(51(48,8)10-2)33-43(41-25-28-44(52)29-26-41)31-32-50(6,7)49-45-24-18-17-23-42(45)27-30-46(49)53-34-39-19-13-11-14-20-39/h9,11-31,33,53H,1,10,32,34-35,52H2,2-8H3/b37-36-,43-31-,47-33+. The summed E-state index contributed by atoms with van der Waals surface area (Å²) in [6, 6.07) is 43.2. The van der Waals surface area contributed by atoms with Crippen molar-refractivity contribution in [3.63, 3.8) is 0 Å². The Morgan fingerprint density at radius 1 is 0.833 bits per heavy atom. The van der Waals surface area contributed by atoms with Crippen LogP contribution in [0.2, 0.25) is 0 Å². The van der Waals surface area contributed by atoms with Crippen LogP contribution in [0, 0.1) is 5.41 Å². The van der Waals surface area contributed by atoms with Gasteiger partial charge in [0, 0.05) is 41.3 Å². The molecule has 0 aliphatic carbocycles. The van der Waals surface area contributed by atoms with Gasteiger partial charge in [0.1, 0.15) is 0 Å². The van der Waals surface area contributed by atoms with E-state index in [4.69, 9.17) is 5.73 Å². The van der Waals surface area contributed by atoms with Crippen LogP contribution in [0.15, 0.2) is 174 Å². The first-order chi connectivity index (χ1) is 26.0. The van der Waals surface area contributed by atoms with Crippen molar-refractivity contribution in [1.82, 2.24) is 4.90 Å². The van der Waals surface area contributed by atoms with Gasteiger partial charge in [0.2, 0.25) is 0 Å². The molecule has 1 unspecified atom stereocenters. The fourth-order valence-electron chi connectivity index (χ4n) is 8.23. The third kappa shape index (κ3) is 7.87. The van der Waals surface area contributed by atoms with Crippen molar-refractivity contribution >= 4 is 27.7 Å². The van der Waals surface area contributed by atoms with E-state index < -0.39 is 0 Å². The maximum atomic E-state index is 6.26. The number of anilines is 2. The van der Waals surface area contributed by atoms with Crippen molar-refractivity contribution < 1.29 is 0 Å². The molecule has 0 aromatic heterocycles. The van der Waals surface area contributed by atoms with Crippen molar-refractivity contribution in [2.24, 2.45) is 5.41 Å². The summed E-state index contributed by atoms with van der Waals surface area (Å²) < 4.78 is 0. The molecule has 276 valence electrons. The smallest absolute Gasteiger partial charge is 0.0475 e. The van der Waals surface area contributed by atoms with Crippen LogP contribution in [0.4, 0.5) is 11.4 Å². The number of hydrogen-bond acceptors (Lipinski definition) is 3. The van der Waals surface area contributed by atoms with E-state index in [1.165, 1.54) is 66.8 Å². The first kappa shape index (κ1) is 38.2. The zero-order valence-electron chi connectivity index (χ0n) is 33.3. The number of nitrogens with zero attached hydrogens (tertiary/aromatic N) is 1. The van der Waals surface area contributed by atoms with Crippen LogP contribution in [0.1, 0.15) is 83.6 Å². The molecule has 3 nitrogen and oxygen atoms in total. The van der Waals surface area contributed by atoms with Crippen molar-refractivity contribution in [3.05, 3.63) is 197 Å². The summed E-state index contributed by atoms with van der Waals surface area (Å²) in [5.41, 5.74) is 20.6. The van der Waals surface area contributed by atoms with Gasteiger partial charge < -0.3 is 16.0 Å². The summed E-state index contributed by atoms with van der Waals surface area (Å²) in [6.07, 6.45) is 8.72. The number of nitrogens with two attached hydrogens (primary N) is 1. The second kappa shape index (κ2) is 16.2. The van der Waals surface area contributed by atoms with Gasteiger partial charge in [-0.05, 0) is 126 Å². The molecule has 0 radical (unpaired) electrons. The van der Waals surface area contributed by atoms with E-state index in [-0.39, 0.29) is 10.8 Å². The molecule has 54 heavy (non-hydrogen) atoms. The van der Waals surface area contributed by atoms with Crippen molar-refractivity contribution in [2.45, 2.75) is 79.8 Å². The highest BCUT2D eigenvalue weighted by atomic mass is 15.2. The molecule has 0 fully saturated rings. The predicted octanol–water partition coefficient (Wildman–Crippen LogP) is 13.4. The first-order valence-electron chi connectivity index (χ1n) is 19.4. The van der Waals surface area contributed by atoms with Gasteiger partial charge in [-0.15, -0.1) is 0 Å². The predicted molar refractivity (Wildman–Crippen MR) is 234 cm³/mol. The molecule has 6 rings (SSSR count). The average molecular weight is 712 g/mol. The van der Waals surface area contributed by atoms with E-state index in [9.17, 15) is 0 Å². The maximum Gasteiger partial charge on any atom is 0.0475 e. The quantitative estimate of drug-likeness (QED) is 0.0944. The molecule has 5 aromatic carbocycles. The minimum Gasteiger partial charge on any atom is -0.399 e. The Kier molecular flexibility index (Phi) is 11.5. The van der Waals surface area contributed by atoms with Gasteiger partial charge in [-0.3, -0.25) is 0 Å². The number of fused-ring (bicyclic) bond motifs is 1. The SMILES string of the molecule is C=C/C(C)=C(/C)C1=C(C)N(Cc2ccccc2)/C(=C/C(=C/CC(C)(C)c2c(NCc3ccccc3)ccc3ccccc23)c2ccc(N)cc2)C1(C)CC. The van der Waals surface area contributed by atoms with E-state index in [0.717, 1.165) is 37.2 Å². The molecule has 1 atom stereocenters. The molecule has 0 saturated heterocycles. The van der Waals surface area contributed by atoms with Crippen LogP contribution >= 0.6 is 0 Å². The minimum atomic E-state index is -0.209. The van der Waals surface area contributed by atoms with Crippen LogP contribution in [-0.4, -0.2) is 4.90 Å². The topological polar surface area (TPSA) is 41.3 Å². The molecule has 0 amide bonds. The van der Waals surface area contributed by atoms with Crippen LogP contribution in [0.25, 0.3) is 16.3 Å². The largest absolute Gasteiger partial charge is 0.399 e. The van der Waals surface area contributed by atoms with Crippen molar-refractivity contribution in [3.8, 4) is 0 Å². The number of nitrogen functional groups attached to an aromatic ring is 1. The molecule has 0 bridgehead atoms. The minimum absolute atomic E-state index is 0.204. The Labute approximate surface area is 324 Å². The van der Waals surface area contributed by atoms with Gasteiger partial charge in [0.05, 0.1) is 0 Å².